The maximum Gasteiger partial charge on any atom is 0.408 e. The van der Waals surface area contributed by atoms with E-state index < -0.39 is 130 Å². The smallest absolute Gasteiger partial charge is 0.408 e. The van der Waals surface area contributed by atoms with Crippen molar-refractivity contribution in [2.45, 2.75) is 62.8 Å². The van der Waals surface area contributed by atoms with E-state index in [1.165, 1.54) is 6.92 Å². The Morgan fingerprint density at radius 2 is 0.960 bits per heavy atom. The fourth-order valence-corrected chi connectivity index (χ4v) is 3.57. The van der Waals surface area contributed by atoms with E-state index in [4.69, 9.17) is 18.9 Å². The van der Waals surface area contributed by atoms with E-state index in [0.717, 1.165) is 31.2 Å². The number of ether oxygens (including phenoxy) is 6. The molecule has 0 rings (SSSR count). The third kappa shape index (κ3) is 19.9. The van der Waals surface area contributed by atoms with Crippen LogP contribution in [0.25, 0.3) is 0 Å². The zero-order valence-corrected chi connectivity index (χ0v) is 27.4. The van der Waals surface area contributed by atoms with E-state index in [1.807, 2.05) is 5.32 Å². The van der Waals surface area contributed by atoms with Crippen LogP contribution in [-0.4, -0.2) is 98.9 Å². The Morgan fingerprint density at radius 3 is 1.38 bits per heavy atom. The number of nitrogens with one attached hydrogen (secondary N) is 1. The Balaban J connectivity index is 5.19. The SMILES string of the molecule is C=CC(=O)OCC(C)(COC(=O)C=C)CC(=O)OCCC(F)(F)CC(F)(F)CC(F)(F)COC(=O)NC(C)(COC(=O)C=C)COC(=O)C=C. The first-order chi connectivity index (χ1) is 22.9. The van der Waals surface area contributed by atoms with Gasteiger partial charge in [0, 0.05) is 36.1 Å². The summed E-state index contributed by atoms with van der Waals surface area (Å²) in [5, 5.41) is 1.98. The van der Waals surface area contributed by atoms with Gasteiger partial charge in [0.1, 0.15) is 32.0 Å². The molecule has 0 heterocycles. The van der Waals surface area contributed by atoms with Crippen LogP contribution in [0, 0.1) is 5.41 Å². The third-order valence-corrected chi connectivity index (χ3v) is 6.01. The quantitative estimate of drug-likeness (QED) is 0.0644. The number of hydrogen-bond acceptors (Lipinski definition) is 12. The van der Waals surface area contributed by atoms with Crippen molar-refractivity contribution >= 4 is 35.9 Å². The second-order valence-corrected chi connectivity index (χ2v) is 11.4. The lowest BCUT2D eigenvalue weighted by Crippen LogP contribution is -2.54. The number of carbonyl (C=O) groups is 6. The molecule has 0 aromatic rings. The Kier molecular flexibility index (Phi) is 18.0. The molecule has 0 aromatic carbocycles. The summed E-state index contributed by atoms with van der Waals surface area (Å²) in [6, 6.07) is 0. The van der Waals surface area contributed by atoms with Crippen LogP contribution in [0.4, 0.5) is 31.1 Å². The van der Waals surface area contributed by atoms with Crippen molar-refractivity contribution in [1.82, 2.24) is 5.32 Å². The number of alkyl carbamates (subject to hydrolysis) is 1. The van der Waals surface area contributed by atoms with Gasteiger partial charge in [0.2, 0.25) is 0 Å². The van der Waals surface area contributed by atoms with E-state index >= 15 is 0 Å². The molecule has 0 atom stereocenters. The summed E-state index contributed by atoms with van der Waals surface area (Å²) < 4.78 is 114. The molecule has 282 valence electrons. The molecular formula is C31H39F6NO12. The molecule has 0 saturated heterocycles. The number of carbonyl (C=O) groups excluding carboxylic acids is 6. The predicted molar refractivity (Wildman–Crippen MR) is 160 cm³/mol. The second kappa shape index (κ2) is 20.0. The van der Waals surface area contributed by atoms with Crippen molar-refractivity contribution in [1.29, 1.82) is 0 Å². The van der Waals surface area contributed by atoms with Gasteiger partial charge in [0.05, 0.1) is 25.9 Å². The van der Waals surface area contributed by atoms with Crippen LogP contribution < -0.4 is 5.32 Å². The highest BCUT2D eigenvalue weighted by Gasteiger charge is 2.50. The average molecular weight is 732 g/mol. The molecule has 0 saturated carbocycles. The number of hydrogen-bond donors (Lipinski definition) is 1. The summed E-state index contributed by atoms with van der Waals surface area (Å²) in [4.78, 5) is 70.0. The van der Waals surface area contributed by atoms with Crippen LogP contribution in [0.1, 0.15) is 39.5 Å². The average Bonchev–Trinajstić information content (AvgIpc) is 3.01. The standard InChI is InChI=1S/C31H39F6NO12/c1-7-21(39)46-16-27(5,17-47-22(40)8-2)13-25(43)45-12-11-29(32,33)14-30(34,35)15-31(36,37)20-50-26(44)38-28(6,18-48-23(41)9-3)19-49-24(42)10-4/h7-10H,1-4,11-20H2,5-6H3,(H,38,44). The molecular weight excluding hydrogens is 692 g/mol. The van der Waals surface area contributed by atoms with E-state index in [1.54, 1.807) is 0 Å². The molecule has 0 aliphatic carbocycles. The summed E-state index contributed by atoms with van der Waals surface area (Å²) in [5.41, 5.74) is -3.18. The lowest BCUT2D eigenvalue weighted by molar-refractivity contribution is -0.173. The molecule has 1 N–H and O–H groups in total. The predicted octanol–water partition coefficient (Wildman–Crippen LogP) is 4.40. The normalized spacial score (nSPS) is 12.0. The van der Waals surface area contributed by atoms with Crippen molar-refractivity contribution in [3.63, 3.8) is 0 Å². The maximum absolute atomic E-state index is 14.4. The lowest BCUT2D eigenvalue weighted by Gasteiger charge is -2.30. The van der Waals surface area contributed by atoms with E-state index in [-0.39, 0.29) is 0 Å². The van der Waals surface area contributed by atoms with Gasteiger partial charge >= 0.3 is 35.9 Å². The first-order valence-corrected chi connectivity index (χ1v) is 14.3. The fraction of sp³-hybridized carbons (Fsp3) is 0.548. The summed E-state index contributed by atoms with van der Waals surface area (Å²) in [6.07, 6.45) is -5.55. The topological polar surface area (TPSA) is 170 Å². The Labute approximate surface area is 283 Å². The van der Waals surface area contributed by atoms with Crippen LogP contribution in [0.15, 0.2) is 50.6 Å². The van der Waals surface area contributed by atoms with Gasteiger partial charge < -0.3 is 33.7 Å². The molecule has 0 fully saturated rings. The largest absolute Gasteiger partial charge is 0.465 e. The van der Waals surface area contributed by atoms with E-state index in [2.05, 4.69) is 35.8 Å². The van der Waals surface area contributed by atoms with Crippen molar-refractivity contribution in [2.24, 2.45) is 5.41 Å². The highest BCUT2D eigenvalue weighted by atomic mass is 19.3. The number of rotatable bonds is 24. The van der Waals surface area contributed by atoms with Gasteiger partial charge in [0.25, 0.3) is 17.8 Å². The van der Waals surface area contributed by atoms with Gasteiger partial charge in [-0.25, -0.2) is 50.3 Å². The van der Waals surface area contributed by atoms with Crippen LogP contribution in [-0.2, 0) is 52.4 Å². The Bertz CT molecular complexity index is 1220. The number of alkyl halides is 6. The molecule has 0 radical (unpaired) electrons. The minimum atomic E-state index is -4.72. The van der Waals surface area contributed by atoms with Gasteiger partial charge in [-0.05, 0) is 6.92 Å². The lowest BCUT2D eigenvalue weighted by atomic mass is 9.88. The van der Waals surface area contributed by atoms with Gasteiger partial charge in [0.15, 0.2) is 6.61 Å². The van der Waals surface area contributed by atoms with Gasteiger partial charge in [-0.1, -0.05) is 33.2 Å². The van der Waals surface area contributed by atoms with E-state index in [0.29, 0.717) is 0 Å². The molecule has 0 aliphatic heterocycles. The molecule has 0 aliphatic rings. The van der Waals surface area contributed by atoms with Crippen LogP contribution >= 0.6 is 0 Å². The monoisotopic (exact) mass is 731 g/mol. The Hall–Kier alpha value is -4.84. The Morgan fingerprint density at radius 1 is 0.560 bits per heavy atom. The first-order valence-electron chi connectivity index (χ1n) is 14.3. The van der Waals surface area contributed by atoms with Crippen molar-refractivity contribution in [2.75, 3.05) is 39.6 Å². The minimum Gasteiger partial charge on any atom is -0.465 e. The highest BCUT2D eigenvalue weighted by molar-refractivity contribution is 5.82. The highest BCUT2D eigenvalue weighted by Crippen LogP contribution is 2.40. The number of esters is 5. The van der Waals surface area contributed by atoms with Crippen LogP contribution in [0.3, 0.4) is 0 Å². The first kappa shape index (κ1) is 45.2. The molecule has 0 aromatic heterocycles. The maximum atomic E-state index is 14.4. The molecule has 50 heavy (non-hydrogen) atoms. The summed E-state index contributed by atoms with van der Waals surface area (Å²) >= 11 is 0. The third-order valence-electron chi connectivity index (χ3n) is 6.01. The minimum absolute atomic E-state index is 0.505. The number of amides is 1. The van der Waals surface area contributed by atoms with Gasteiger partial charge in [-0.3, -0.25) is 4.79 Å². The molecule has 0 unspecified atom stereocenters. The molecule has 0 bridgehead atoms. The number of halogens is 6. The summed E-state index contributed by atoms with van der Waals surface area (Å²) in [7, 11) is 0. The van der Waals surface area contributed by atoms with Crippen LogP contribution in [0.5, 0.6) is 0 Å². The zero-order valence-electron chi connectivity index (χ0n) is 27.4. The zero-order chi connectivity index (χ0) is 38.8. The van der Waals surface area contributed by atoms with Crippen molar-refractivity contribution in [3.05, 3.63) is 50.6 Å². The van der Waals surface area contributed by atoms with Crippen molar-refractivity contribution < 1.29 is 83.5 Å². The van der Waals surface area contributed by atoms with Crippen molar-refractivity contribution in [3.8, 4) is 0 Å². The second-order valence-electron chi connectivity index (χ2n) is 11.4. The summed E-state index contributed by atoms with van der Waals surface area (Å²) in [5.74, 6) is -18.5. The molecule has 19 heteroatoms. The van der Waals surface area contributed by atoms with Crippen LogP contribution in [0.2, 0.25) is 0 Å². The summed E-state index contributed by atoms with van der Waals surface area (Å²) in [6.45, 7) is 9.64. The van der Waals surface area contributed by atoms with Gasteiger partial charge in [-0.15, -0.1) is 0 Å². The van der Waals surface area contributed by atoms with Gasteiger partial charge in [-0.2, -0.15) is 0 Å². The fourth-order valence-electron chi connectivity index (χ4n) is 3.57. The molecule has 13 nitrogen and oxygen atoms in total. The van der Waals surface area contributed by atoms with E-state index in [9.17, 15) is 55.1 Å². The molecule has 0 spiro atoms. The molecule has 1 amide bonds.